The molecular formula is C10H18ClF3N2. The van der Waals surface area contributed by atoms with Crippen molar-refractivity contribution in [1.29, 1.82) is 0 Å². The predicted octanol–water partition coefficient (Wildman–Crippen LogP) is 2.17. The number of piperidine rings is 1. The van der Waals surface area contributed by atoms with Gasteiger partial charge in [-0.15, -0.1) is 12.4 Å². The maximum atomic E-state index is 12.8. The van der Waals surface area contributed by atoms with Crippen molar-refractivity contribution >= 4 is 12.4 Å². The van der Waals surface area contributed by atoms with E-state index in [0.29, 0.717) is 25.6 Å². The minimum absolute atomic E-state index is 0. The van der Waals surface area contributed by atoms with E-state index in [1.54, 1.807) is 4.90 Å². The topological polar surface area (TPSA) is 29.3 Å². The highest BCUT2D eigenvalue weighted by Crippen LogP contribution is 2.54. The number of rotatable bonds is 2. The Morgan fingerprint density at radius 2 is 1.69 bits per heavy atom. The van der Waals surface area contributed by atoms with Gasteiger partial charge >= 0.3 is 6.18 Å². The monoisotopic (exact) mass is 258 g/mol. The van der Waals surface area contributed by atoms with E-state index in [1.165, 1.54) is 0 Å². The maximum absolute atomic E-state index is 12.8. The molecule has 1 aliphatic carbocycles. The van der Waals surface area contributed by atoms with E-state index in [1.807, 2.05) is 0 Å². The molecule has 0 amide bonds. The van der Waals surface area contributed by atoms with Crippen LogP contribution in [0.1, 0.15) is 25.7 Å². The summed E-state index contributed by atoms with van der Waals surface area (Å²) in [6.07, 6.45) is -1.86. The maximum Gasteiger partial charge on any atom is 0.406 e. The Labute approximate surface area is 99.8 Å². The molecule has 0 radical (unpaired) electrons. The van der Waals surface area contributed by atoms with Gasteiger partial charge in [0.2, 0.25) is 0 Å². The molecule has 0 atom stereocenters. The summed E-state index contributed by atoms with van der Waals surface area (Å²) in [7, 11) is 0. The molecule has 16 heavy (non-hydrogen) atoms. The number of alkyl halides is 3. The second-order valence-electron chi connectivity index (χ2n) is 4.70. The van der Waals surface area contributed by atoms with Crippen molar-refractivity contribution < 1.29 is 13.2 Å². The van der Waals surface area contributed by atoms with Gasteiger partial charge in [0.05, 0.1) is 0 Å². The second kappa shape index (κ2) is 4.70. The van der Waals surface area contributed by atoms with E-state index in [2.05, 4.69) is 0 Å². The molecule has 1 saturated heterocycles. The molecule has 2 nitrogen and oxygen atoms in total. The smallest absolute Gasteiger partial charge is 0.330 e. The van der Waals surface area contributed by atoms with Gasteiger partial charge in [-0.05, 0) is 51.2 Å². The van der Waals surface area contributed by atoms with Gasteiger partial charge in [-0.25, -0.2) is 0 Å². The van der Waals surface area contributed by atoms with Crippen molar-refractivity contribution in [2.24, 2.45) is 11.7 Å². The lowest BCUT2D eigenvalue weighted by Crippen LogP contribution is -2.51. The van der Waals surface area contributed by atoms with Crippen LogP contribution in [0.2, 0.25) is 0 Å². The summed E-state index contributed by atoms with van der Waals surface area (Å²) >= 11 is 0. The Morgan fingerprint density at radius 1 is 1.19 bits per heavy atom. The van der Waals surface area contributed by atoms with E-state index in [0.717, 1.165) is 12.8 Å². The van der Waals surface area contributed by atoms with Crippen LogP contribution in [0.3, 0.4) is 0 Å². The van der Waals surface area contributed by atoms with Gasteiger partial charge in [0.25, 0.3) is 0 Å². The molecule has 0 aromatic rings. The van der Waals surface area contributed by atoms with Crippen molar-refractivity contribution in [1.82, 2.24) is 4.90 Å². The number of nitrogens with zero attached hydrogens (tertiary/aromatic N) is 1. The molecule has 96 valence electrons. The minimum atomic E-state index is -4.05. The molecule has 1 aliphatic heterocycles. The van der Waals surface area contributed by atoms with Crippen LogP contribution in [0.5, 0.6) is 0 Å². The lowest BCUT2D eigenvalue weighted by molar-refractivity contribution is -0.199. The number of hydrogen-bond acceptors (Lipinski definition) is 2. The molecule has 0 bridgehead atoms. The van der Waals surface area contributed by atoms with Gasteiger partial charge in [0.15, 0.2) is 0 Å². The fraction of sp³-hybridized carbons (Fsp3) is 1.00. The van der Waals surface area contributed by atoms with E-state index < -0.39 is 11.7 Å². The normalized spacial score (nSPS) is 26.2. The summed E-state index contributed by atoms with van der Waals surface area (Å²) in [5.74, 6) is 0.422. The summed E-state index contributed by atoms with van der Waals surface area (Å²) in [6.45, 7) is 1.72. The van der Waals surface area contributed by atoms with Crippen molar-refractivity contribution in [3.63, 3.8) is 0 Å². The molecular weight excluding hydrogens is 241 g/mol. The molecule has 2 fully saturated rings. The van der Waals surface area contributed by atoms with Crippen molar-refractivity contribution in [3.8, 4) is 0 Å². The quantitative estimate of drug-likeness (QED) is 0.823. The van der Waals surface area contributed by atoms with Crippen LogP contribution in [-0.2, 0) is 0 Å². The first-order valence-corrected chi connectivity index (χ1v) is 5.51. The molecule has 1 saturated carbocycles. The standard InChI is InChI=1S/C10H17F3N2.ClH/c11-10(12,13)9(3-4-9)15-5-1-8(7-14)2-6-15;/h8H,1-7,14H2;1H. The Bertz CT molecular complexity index is 233. The molecule has 0 aromatic carbocycles. The lowest BCUT2D eigenvalue weighted by atomic mass is 9.95. The Kier molecular flexibility index (Phi) is 4.13. The SMILES string of the molecule is Cl.NCC1CCN(C2(C(F)(F)F)CC2)CC1. The molecule has 2 aliphatic rings. The highest BCUT2D eigenvalue weighted by atomic mass is 35.5. The van der Waals surface area contributed by atoms with Gasteiger partial charge in [-0.3, -0.25) is 4.90 Å². The number of hydrogen-bond donors (Lipinski definition) is 1. The van der Waals surface area contributed by atoms with Gasteiger partial charge in [-0.1, -0.05) is 0 Å². The zero-order valence-electron chi connectivity index (χ0n) is 9.09. The van der Waals surface area contributed by atoms with E-state index in [-0.39, 0.29) is 25.2 Å². The Balaban J connectivity index is 0.00000128. The average molecular weight is 259 g/mol. The number of halogens is 4. The fourth-order valence-electron chi connectivity index (χ4n) is 2.49. The molecule has 0 spiro atoms. The van der Waals surface area contributed by atoms with Gasteiger partial charge < -0.3 is 5.73 Å². The highest BCUT2D eigenvalue weighted by Gasteiger charge is 2.66. The van der Waals surface area contributed by atoms with Crippen molar-refractivity contribution in [3.05, 3.63) is 0 Å². The summed E-state index contributed by atoms with van der Waals surface area (Å²) in [5, 5.41) is 0. The number of likely N-dealkylation sites (tertiary alicyclic amines) is 1. The van der Waals surface area contributed by atoms with E-state index >= 15 is 0 Å². The van der Waals surface area contributed by atoms with Crippen LogP contribution < -0.4 is 5.73 Å². The van der Waals surface area contributed by atoms with E-state index in [9.17, 15) is 13.2 Å². The van der Waals surface area contributed by atoms with Gasteiger partial charge in [0.1, 0.15) is 5.54 Å². The van der Waals surface area contributed by atoms with Crippen LogP contribution in [-0.4, -0.2) is 36.2 Å². The van der Waals surface area contributed by atoms with Crippen LogP contribution in [0.15, 0.2) is 0 Å². The summed E-state index contributed by atoms with van der Waals surface area (Å²) in [6, 6.07) is 0. The van der Waals surface area contributed by atoms with Crippen LogP contribution >= 0.6 is 12.4 Å². The fourth-order valence-corrected chi connectivity index (χ4v) is 2.49. The van der Waals surface area contributed by atoms with E-state index in [4.69, 9.17) is 5.73 Å². The molecule has 0 unspecified atom stereocenters. The molecule has 6 heteroatoms. The summed E-state index contributed by atoms with van der Waals surface area (Å²) < 4.78 is 38.4. The molecule has 2 rings (SSSR count). The second-order valence-corrected chi connectivity index (χ2v) is 4.70. The molecule has 2 N–H and O–H groups in total. The first kappa shape index (κ1) is 14.1. The summed E-state index contributed by atoms with van der Waals surface area (Å²) in [5.41, 5.74) is 4.05. The third-order valence-electron chi connectivity index (χ3n) is 3.80. The largest absolute Gasteiger partial charge is 0.406 e. The van der Waals surface area contributed by atoms with Crippen molar-refractivity contribution in [2.75, 3.05) is 19.6 Å². The van der Waals surface area contributed by atoms with Gasteiger partial charge in [0, 0.05) is 0 Å². The predicted molar refractivity (Wildman–Crippen MR) is 58.6 cm³/mol. The van der Waals surface area contributed by atoms with Gasteiger partial charge in [-0.2, -0.15) is 13.2 Å². The Hall–Kier alpha value is -0.0000000000000000555. The third-order valence-corrected chi connectivity index (χ3v) is 3.80. The van der Waals surface area contributed by atoms with Crippen LogP contribution in [0.25, 0.3) is 0 Å². The summed E-state index contributed by atoms with van der Waals surface area (Å²) in [4.78, 5) is 1.62. The zero-order chi connectivity index (χ0) is 11.1. The zero-order valence-corrected chi connectivity index (χ0v) is 9.91. The first-order valence-electron chi connectivity index (χ1n) is 5.51. The third kappa shape index (κ3) is 2.31. The Morgan fingerprint density at radius 3 is 2.00 bits per heavy atom. The lowest BCUT2D eigenvalue weighted by Gasteiger charge is -2.38. The first-order chi connectivity index (χ1) is 6.99. The minimum Gasteiger partial charge on any atom is -0.330 e. The van der Waals surface area contributed by atoms with Crippen LogP contribution in [0, 0.1) is 5.92 Å². The average Bonchev–Trinajstić information content (AvgIpc) is 2.98. The highest BCUT2D eigenvalue weighted by molar-refractivity contribution is 5.85. The molecule has 1 heterocycles. The van der Waals surface area contributed by atoms with Crippen LogP contribution in [0.4, 0.5) is 13.2 Å². The number of nitrogens with two attached hydrogens (primary N) is 1. The van der Waals surface area contributed by atoms with Crippen molar-refractivity contribution in [2.45, 2.75) is 37.4 Å². The molecule has 0 aromatic heterocycles.